The van der Waals surface area contributed by atoms with Gasteiger partial charge in [0.25, 0.3) is 0 Å². The molecular weight excluding hydrogens is 248 g/mol. The largest absolute Gasteiger partial charge is 0.348 e. The molecule has 3 heteroatoms. The Labute approximate surface area is 119 Å². The average molecular weight is 264 g/mol. The predicted molar refractivity (Wildman–Crippen MR) is 79.6 cm³/mol. The molecule has 3 nitrogen and oxygen atoms in total. The van der Waals surface area contributed by atoms with Crippen LogP contribution < -0.4 is 4.90 Å². The zero-order chi connectivity index (χ0) is 14.4. The van der Waals surface area contributed by atoms with E-state index in [-0.39, 0.29) is 18.4 Å². The van der Waals surface area contributed by atoms with Crippen molar-refractivity contribution in [3.63, 3.8) is 0 Å². The normalized spacial score (nSPS) is 11.4. The molecule has 0 aliphatic rings. The highest BCUT2D eigenvalue weighted by molar-refractivity contribution is 5.99. The first-order chi connectivity index (χ1) is 9.72. The fourth-order valence-electron chi connectivity index (χ4n) is 2.01. The SMILES string of the molecule is CC(C#N)N(CC(=O)c1ccccc1)c1ccccc1. The number of nitriles is 1. The topological polar surface area (TPSA) is 44.1 Å². The molecule has 0 aromatic heterocycles. The van der Waals surface area contributed by atoms with E-state index in [1.807, 2.05) is 53.4 Å². The number of anilines is 1. The summed E-state index contributed by atoms with van der Waals surface area (Å²) in [5.74, 6) is 0.0107. The molecular formula is C17H16N2O. The van der Waals surface area contributed by atoms with Crippen molar-refractivity contribution in [2.75, 3.05) is 11.4 Å². The van der Waals surface area contributed by atoms with Gasteiger partial charge in [0.2, 0.25) is 0 Å². The van der Waals surface area contributed by atoms with Gasteiger partial charge in [0.1, 0.15) is 6.04 Å². The van der Waals surface area contributed by atoms with E-state index >= 15 is 0 Å². The lowest BCUT2D eigenvalue weighted by atomic mass is 10.1. The quantitative estimate of drug-likeness (QED) is 0.778. The van der Waals surface area contributed by atoms with Crippen molar-refractivity contribution in [2.24, 2.45) is 0 Å². The van der Waals surface area contributed by atoms with Crippen molar-refractivity contribution < 1.29 is 4.79 Å². The molecule has 0 N–H and O–H groups in total. The number of Topliss-reactive ketones (excluding diaryl/α,β-unsaturated/α-hetero) is 1. The standard InChI is InChI=1S/C17H16N2O/c1-14(12-18)19(16-10-6-3-7-11-16)13-17(20)15-8-4-2-5-9-15/h2-11,14H,13H2,1H3. The number of rotatable bonds is 5. The summed E-state index contributed by atoms with van der Waals surface area (Å²) < 4.78 is 0. The summed E-state index contributed by atoms with van der Waals surface area (Å²) >= 11 is 0. The smallest absolute Gasteiger partial charge is 0.182 e. The number of ketones is 1. The Bertz CT molecular complexity index is 602. The number of hydrogen-bond acceptors (Lipinski definition) is 3. The summed E-state index contributed by atoms with van der Waals surface area (Å²) in [4.78, 5) is 14.1. The van der Waals surface area contributed by atoms with Crippen molar-refractivity contribution in [3.8, 4) is 6.07 Å². The molecule has 0 amide bonds. The molecule has 20 heavy (non-hydrogen) atoms. The molecule has 1 unspecified atom stereocenters. The fourth-order valence-corrected chi connectivity index (χ4v) is 2.01. The van der Waals surface area contributed by atoms with E-state index in [9.17, 15) is 4.79 Å². The van der Waals surface area contributed by atoms with Crippen LogP contribution >= 0.6 is 0 Å². The van der Waals surface area contributed by atoms with E-state index in [2.05, 4.69) is 6.07 Å². The van der Waals surface area contributed by atoms with E-state index < -0.39 is 0 Å². The van der Waals surface area contributed by atoms with Crippen LogP contribution in [0.2, 0.25) is 0 Å². The summed E-state index contributed by atoms with van der Waals surface area (Å²) in [6.07, 6.45) is 0. The Morgan fingerprint density at radius 1 is 1.10 bits per heavy atom. The maximum atomic E-state index is 12.3. The van der Waals surface area contributed by atoms with Gasteiger partial charge >= 0.3 is 0 Å². The van der Waals surface area contributed by atoms with Gasteiger partial charge in [-0.25, -0.2) is 0 Å². The van der Waals surface area contributed by atoms with Gasteiger partial charge in [-0.1, -0.05) is 48.5 Å². The van der Waals surface area contributed by atoms with Gasteiger partial charge in [0.15, 0.2) is 5.78 Å². The van der Waals surface area contributed by atoms with Crippen LogP contribution in [0.4, 0.5) is 5.69 Å². The van der Waals surface area contributed by atoms with E-state index in [0.29, 0.717) is 5.56 Å². The maximum Gasteiger partial charge on any atom is 0.182 e. The molecule has 2 aromatic rings. The third kappa shape index (κ3) is 3.24. The number of carbonyl (C=O) groups is 1. The van der Waals surface area contributed by atoms with Crippen LogP contribution in [0.3, 0.4) is 0 Å². The number of para-hydroxylation sites is 1. The fraction of sp³-hybridized carbons (Fsp3) is 0.176. The van der Waals surface area contributed by atoms with Gasteiger partial charge in [-0.2, -0.15) is 5.26 Å². The van der Waals surface area contributed by atoms with Gasteiger partial charge in [-0.3, -0.25) is 4.79 Å². The van der Waals surface area contributed by atoms with E-state index in [1.54, 1.807) is 19.1 Å². The minimum atomic E-state index is -0.356. The first kappa shape index (κ1) is 13.8. The van der Waals surface area contributed by atoms with Gasteiger partial charge in [0.05, 0.1) is 12.6 Å². The summed E-state index contributed by atoms with van der Waals surface area (Å²) in [6, 6.07) is 20.5. The number of benzene rings is 2. The first-order valence-corrected chi connectivity index (χ1v) is 6.52. The third-order valence-corrected chi connectivity index (χ3v) is 3.15. The Morgan fingerprint density at radius 3 is 2.20 bits per heavy atom. The molecule has 0 aliphatic carbocycles. The Kier molecular flexibility index (Phi) is 4.52. The average Bonchev–Trinajstić information content (AvgIpc) is 2.53. The summed E-state index contributed by atoms with van der Waals surface area (Å²) in [5.41, 5.74) is 1.55. The highest BCUT2D eigenvalue weighted by atomic mass is 16.1. The van der Waals surface area contributed by atoms with Gasteiger partial charge in [-0.15, -0.1) is 0 Å². The lowest BCUT2D eigenvalue weighted by molar-refractivity contribution is 0.0998. The van der Waals surface area contributed by atoms with Crippen LogP contribution in [0.5, 0.6) is 0 Å². The number of carbonyl (C=O) groups excluding carboxylic acids is 1. The Balaban J connectivity index is 2.22. The van der Waals surface area contributed by atoms with Crippen molar-refractivity contribution in [1.82, 2.24) is 0 Å². The minimum absolute atomic E-state index is 0.0107. The van der Waals surface area contributed by atoms with Crippen molar-refractivity contribution in [2.45, 2.75) is 13.0 Å². The van der Waals surface area contributed by atoms with E-state index in [1.165, 1.54) is 0 Å². The number of hydrogen-bond donors (Lipinski definition) is 0. The number of nitrogens with zero attached hydrogens (tertiary/aromatic N) is 2. The van der Waals surface area contributed by atoms with Crippen LogP contribution in [0, 0.1) is 11.3 Å². The van der Waals surface area contributed by atoms with Gasteiger partial charge in [-0.05, 0) is 19.1 Å². The van der Waals surface area contributed by atoms with Crippen LogP contribution in [0.15, 0.2) is 60.7 Å². The molecule has 0 spiro atoms. The van der Waals surface area contributed by atoms with Crippen molar-refractivity contribution in [1.29, 1.82) is 5.26 Å². The molecule has 2 aromatic carbocycles. The zero-order valence-electron chi connectivity index (χ0n) is 11.4. The van der Waals surface area contributed by atoms with E-state index in [4.69, 9.17) is 5.26 Å². The molecule has 0 heterocycles. The second-order valence-corrected chi connectivity index (χ2v) is 4.56. The highest BCUT2D eigenvalue weighted by Gasteiger charge is 2.18. The Hall–Kier alpha value is -2.60. The van der Waals surface area contributed by atoms with Crippen molar-refractivity contribution in [3.05, 3.63) is 66.2 Å². The van der Waals surface area contributed by atoms with Crippen molar-refractivity contribution >= 4 is 11.5 Å². The molecule has 0 fully saturated rings. The molecule has 0 bridgehead atoms. The summed E-state index contributed by atoms with van der Waals surface area (Å²) in [7, 11) is 0. The maximum absolute atomic E-state index is 12.3. The molecule has 0 aliphatic heterocycles. The minimum Gasteiger partial charge on any atom is -0.348 e. The molecule has 0 saturated heterocycles. The molecule has 0 radical (unpaired) electrons. The first-order valence-electron chi connectivity index (χ1n) is 6.52. The van der Waals surface area contributed by atoms with Gasteiger partial charge in [0, 0.05) is 11.3 Å². The van der Waals surface area contributed by atoms with Crippen LogP contribution in [-0.4, -0.2) is 18.4 Å². The lowest BCUT2D eigenvalue weighted by Crippen LogP contribution is -2.36. The van der Waals surface area contributed by atoms with Gasteiger partial charge < -0.3 is 4.90 Å². The van der Waals surface area contributed by atoms with E-state index in [0.717, 1.165) is 5.69 Å². The zero-order valence-corrected chi connectivity index (χ0v) is 11.4. The van der Waals surface area contributed by atoms with Crippen LogP contribution in [-0.2, 0) is 0 Å². The second kappa shape index (κ2) is 6.53. The third-order valence-electron chi connectivity index (χ3n) is 3.15. The molecule has 2 rings (SSSR count). The Morgan fingerprint density at radius 2 is 1.65 bits per heavy atom. The molecule has 0 saturated carbocycles. The van der Waals surface area contributed by atoms with Crippen LogP contribution in [0.1, 0.15) is 17.3 Å². The highest BCUT2D eigenvalue weighted by Crippen LogP contribution is 2.17. The molecule has 1 atom stereocenters. The monoisotopic (exact) mass is 264 g/mol. The lowest BCUT2D eigenvalue weighted by Gasteiger charge is -2.26. The molecule has 100 valence electrons. The summed E-state index contributed by atoms with van der Waals surface area (Å²) in [5, 5.41) is 9.15. The summed E-state index contributed by atoms with van der Waals surface area (Å²) in [6.45, 7) is 1.99. The predicted octanol–water partition coefficient (Wildman–Crippen LogP) is 3.29. The van der Waals surface area contributed by atoms with Crippen LogP contribution in [0.25, 0.3) is 0 Å². The second-order valence-electron chi connectivity index (χ2n) is 4.56.